The Labute approximate surface area is 166 Å². The lowest BCUT2D eigenvalue weighted by atomic mass is 9.93. The molecule has 0 radical (unpaired) electrons. The Morgan fingerprint density at radius 2 is 1.76 bits per heavy atom. The summed E-state index contributed by atoms with van der Waals surface area (Å²) in [5, 5.41) is 6.78. The van der Waals surface area contributed by atoms with Crippen LogP contribution >= 0.6 is 24.0 Å². The van der Waals surface area contributed by atoms with E-state index in [9.17, 15) is 13.2 Å². The van der Waals surface area contributed by atoms with Crippen LogP contribution in [0.15, 0.2) is 4.99 Å². The number of likely N-dealkylation sites (tertiary alicyclic amines) is 1. The number of alkyl halides is 3. The van der Waals surface area contributed by atoms with Crippen molar-refractivity contribution in [2.24, 2.45) is 10.9 Å². The van der Waals surface area contributed by atoms with E-state index in [4.69, 9.17) is 0 Å². The van der Waals surface area contributed by atoms with Gasteiger partial charge in [-0.3, -0.25) is 9.89 Å². The van der Waals surface area contributed by atoms with E-state index in [-0.39, 0.29) is 24.0 Å². The summed E-state index contributed by atoms with van der Waals surface area (Å²) in [5.74, 6) is 1.38. The maximum Gasteiger partial charge on any atom is 0.401 e. The highest BCUT2D eigenvalue weighted by Crippen LogP contribution is 2.24. The van der Waals surface area contributed by atoms with Crippen molar-refractivity contribution in [3.8, 4) is 0 Å². The topological polar surface area (TPSA) is 39.7 Å². The van der Waals surface area contributed by atoms with E-state index in [2.05, 4.69) is 22.5 Å². The van der Waals surface area contributed by atoms with Crippen LogP contribution < -0.4 is 10.6 Å². The van der Waals surface area contributed by atoms with E-state index < -0.39 is 12.7 Å². The fraction of sp³-hybridized carbons (Fsp3) is 0.941. The summed E-state index contributed by atoms with van der Waals surface area (Å²) >= 11 is 0. The molecule has 1 saturated heterocycles. The van der Waals surface area contributed by atoms with E-state index in [0.717, 1.165) is 38.3 Å². The molecule has 1 saturated carbocycles. The largest absolute Gasteiger partial charge is 0.401 e. The Hall–Kier alpha value is -0.250. The van der Waals surface area contributed by atoms with E-state index >= 15 is 0 Å². The van der Waals surface area contributed by atoms with Crippen molar-refractivity contribution in [1.82, 2.24) is 15.5 Å². The number of halogens is 4. The fourth-order valence-electron chi connectivity index (χ4n) is 3.63. The molecular weight excluding hydrogens is 444 g/mol. The second kappa shape index (κ2) is 11.5. The molecule has 0 aromatic carbocycles. The molecule has 148 valence electrons. The first-order chi connectivity index (χ1) is 11.5. The fourth-order valence-corrected chi connectivity index (χ4v) is 3.63. The Morgan fingerprint density at radius 1 is 1.12 bits per heavy atom. The second-order valence-electron chi connectivity index (χ2n) is 7.01. The van der Waals surface area contributed by atoms with Crippen LogP contribution in [0.4, 0.5) is 13.2 Å². The second-order valence-corrected chi connectivity index (χ2v) is 7.01. The summed E-state index contributed by atoms with van der Waals surface area (Å²) in [7, 11) is 0. The molecule has 0 bridgehead atoms. The van der Waals surface area contributed by atoms with E-state index in [1.54, 1.807) is 0 Å². The molecule has 0 amide bonds. The molecular formula is C17H32F3IN4. The molecule has 2 rings (SSSR count). The number of piperidine rings is 1. The van der Waals surface area contributed by atoms with Gasteiger partial charge in [-0.25, -0.2) is 0 Å². The van der Waals surface area contributed by atoms with Gasteiger partial charge in [0.25, 0.3) is 0 Å². The van der Waals surface area contributed by atoms with Crippen LogP contribution in [-0.4, -0.2) is 55.8 Å². The van der Waals surface area contributed by atoms with Gasteiger partial charge in [-0.1, -0.05) is 12.8 Å². The minimum atomic E-state index is -4.08. The quantitative estimate of drug-likeness (QED) is 0.349. The van der Waals surface area contributed by atoms with Gasteiger partial charge < -0.3 is 10.6 Å². The Morgan fingerprint density at radius 3 is 2.32 bits per heavy atom. The molecule has 2 aliphatic rings. The molecule has 2 N–H and O–H groups in total. The molecule has 0 spiro atoms. The highest BCUT2D eigenvalue weighted by molar-refractivity contribution is 14.0. The number of rotatable bonds is 6. The summed E-state index contributed by atoms with van der Waals surface area (Å²) in [5.41, 5.74) is 0. The zero-order valence-electron chi connectivity index (χ0n) is 15.1. The Bertz CT molecular complexity index is 390. The van der Waals surface area contributed by atoms with Crippen molar-refractivity contribution in [2.75, 3.05) is 32.7 Å². The van der Waals surface area contributed by atoms with Crippen molar-refractivity contribution in [1.29, 1.82) is 0 Å². The number of hydrogen-bond donors (Lipinski definition) is 2. The van der Waals surface area contributed by atoms with E-state index in [0.29, 0.717) is 25.0 Å². The number of aliphatic imine (C=N–C) groups is 1. The number of nitrogens with one attached hydrogen (secondary N) is 2. The van der Waals surface area contributed by atoms with E-state index in [1.807, 2.05) is 0 Å². The summed E-state index contributed by atoms with van der Waals surface area (Å²) in [6.45, 7) is 3.97. The standard InChI is InChI=1S/C17H31F3N4.HI/c1-2-21-16(23-15-5-3-4-6-15)22-10-7-14-8-11-24(12-9-14)13-17(18,19)20;/h14-15H,2-13H2,1H3,(H2,21,22,23);1H. The van der Waals surface area contributed by atoms with Gasteiger partial charge in [-0.15, -0.1) is 24.0 Å². The third-order valence-corrected chi connectivity index (χ3v) is 4.96. The average molecular weight is 476 g/mol. The minimum Gasteiger partial charge on any atom is -0.357 e. The van der Waals surface area contributed by atoms with Crippen LogP contribution in [-0.2, 0) is 0 Å². The maximum atomic E-state index is 12.4. The highest BCUT2D eigenvalue weighted by atomic mass is 127. The van der Waals surface area contributed by atoms with Crippen molar-refractivity contribution < 1.29 is 13.2 Å². The van der Waals surface area contributed by atoms with Crippen LogP contribution in [0.5, 0.6) is 0 Å². The van der Waals surface area contributed by atoms with Gasteiger partial charge in [-0.05, 0) is 58.0 Å². The minimum absolute atomic E-state index is 0. The number of nitrogens with zero attached hydrogens (tertiary/aromatic N) is 2. The molecule has 1 aliphatic heterocycles. The predicted octanol–water partition coefficient (Wildman–Crippen LogP) is 3.77. The first-order valence-corrected chi connectivity index (χ1v) is 9.30. The third kappa shape index (κ3) is 9.30. The molecule has 25 heavy (non-hydrogen) atoms. The third-order valence-electron chi connectivity index (χ3n) is 4.96. The lowest BCUT2D eigenvalue weighted by Gasteiger charge is -2.32. The van der Waals surface area contributed by atoms with Gasteiger partial charge >= 0.3 is 6.18 Å². The monoisotopic (exact) mass is 476 g/mol. The lowest BCUT2D eigenvalue weighted by Crippen LogP contribution is -2.42. The van der Waals surface area contributed by atoms with Crippen LogP contribution in [0, 0.1) is 5.92 Å². The van der Waals surface area contributed by atoms with Gasteiger partial charge in [0.2, 0.25) is 0 Å². The molecule has 0 aromatic heterocycles. The van der Waals surface area contributed by atoms with Crippen molar-refractivity contribution in [2.45, 2.75) is 64.1 Å². The van der Waals surface area contributed by atoms with Crippen LogP contribution in [0.1, 0.15) is 51.9 Å². The molecule has 0 aromatic rings. The number of guanidine groups is 1. The molecule has 8 heteroatoms. The zero-order valence-corrected chi connectivity index (χ0v) is 17.4. The predicted molar refractivity (Wildman–Crippen MR) is 107 cm³/mol. The normalized spacial score (nSPS) is 21.2. The van der Waals surface area contributed by atoms with Gasteiger partial charge in [0, 0.05) is 19.1 Å². The van der Waals surface area contributed by atoms with Gasteiger partial charge in [0.15, 0.2) is 5.96 Å². The first-order valence-electron chi connectivity index (χ1n) is 9.30. The van der Waals surface area contributed by atoms with Crippen molar-refractivity contribution in [3.05, 3.63) is 0 Å². The Balaban J connectivity index is 0.00000312. The van der Waals surface area contributed by atoms with Gasteiger partial charge in [-0.2, -0.15) is 13.2 Å². The molecule has 0 atom stereocenters. The summed E-state index contributed by atoms with van der Waals surface area (Å²) in [4.78, 5) is 6.17. The summed E-state index contributed by atoms with van der Waals surface area (Å²) in [6.07, 6.45) is 3.56. The van der Waals surface area contributed by atoms with Crippen LogP contribution in [0.3, 0.4) is 0 Å². The maximum absolute atomic E-state index is 12.4. The average Bonchev–Trinajstić information content (AvgIpc) is 3.01. The first kappa shape index (κ1) is 22.8. The molecule has 1 aliphatic carbocycles. The van der Waals surface area contributed by atoms with Crippen molar-refractivity contribution in [3.63, 3.8) is 0 Å². The molecule has 2 fully saturated rings. The zero-order chi connectivity index (χ0) is 17.4. The summed E-state index contributed by atoms with van der Waals surface area (Å²) < 4.78 is 37.2. The SMILES string of the molecule is CCNC(=NCCC1CCN(CC(F)(F)F)CC1)NC1CCCC1.I. The molecule has 0 unspecified atom stereocenters. The smallest absolute Gasteiger partial charge is 0.357 e. The molecule has 4 nitrogen and oxygen atoms in total. The van der Waals surface area contributed by atoms with Gasteiger partial charge in [0.05, 0.1) is 6.54 Å². The van der Waals surface area contributed by atoms with Crippen LogP contribution in [0.2, 0.25) is 0 Å². The summed E-state index contributed by atoms with van der Waals surface area (Å²) in [6, 6.07) is 0.536. The highest BCUT2D eigenvalue weighted by Gasteiger charge is 2.32. The molecule has 1 heterocycles. The van der Waals surface area contributed by atoms with Gasteiger partial charge in [0.1, 0.15) is 0 Å². The lowest BCUT2D eigenvalue weighted by molar-refractivity contribution is -0.148. The van der Waals surface area contributed by atoms with Crippen molar-refractivity contribution >= 4 is 29.9 Å². The number of hydrogen-bond acceptors (Lipinski definition) is 2. The van der Waals surface area contributed by atoms with E-state index in [1.165, 1.54) is 30.6 Å². The van der Waals surface area contributed by atoms with Crippen LogP contribution in [0.25, 0.3) is 0 Å². The Kier molecular flexibility index (Phi) is 10.4.